The lowest BCUT2D eigenvalue weighted by molar-refractivity contribution is 0.101. The second-order valence-corrected chi connectivity index (χ2v) is 8.54. The summed E-state index contributed by atoms with van der Waals surface area (Å²) in [5.41, 5.74) is 0.828. The van der Waals surface area contributed by atoms with Gasteiger partial charge in [0.1, 0.15) is 12.4 Å². The first kappa shape index (κ1) is 22.4. The molecule has 28 heavy (non-hydrogen) atoms. The fourth-order valence-corrected chi connectivity index (χ4v) is 3.77. The Labute approximate surface area is 173 Å². The van der Waals surface area contributed by atoms with Gasteiger partial charge in [0.25, 0.3) is 5.91 Å². The number of amides is 1. The molecule has 0 fully saturated rings. The third-order valence-corrected chi connectivity index (χ3v) is 5.67. The lowest BCUT2D eigenvalue weighted by atomic mass is 10.2. The molecule has 7 nitrogen and oxygen atoms in total. The van der Waals surface area contributed by atoms with E-state index in [9.17, 15) is 13.2 Å². The fourth-order valence-electron chi connectivity index (χ4n) is 2.28. The number of hydrogen-bond donors (Lipinski definition) is 2. The largest absolute Gasteiger partial charge is 0.490 e. The third kappa shape index (κ3) is 6.30. The first-order valence-corrected chi connectivity index (χ1v) is 11.0. The first-order valence-electron chi connectivity index (χ1n) is 8.69. The van der Waals surface area contributed by atoms with Gasteiger partial charge in [-0.2, -0.15) is 0 Å². The van der Waals surface area contributed by atoms with Gasteiger partial charge in [-0.1, -0.05) is 22.9 Å². The van der Waals surface area contributed by atoms with Crippen molar-refractivity contribution in [2.45, 2.75) is 18.2 Å². The molecule has 2 aromatic rings. The van der Waals surface area contributed by atoms with Crippen molar-refractivity contribution in [2.24, 2.45) is 0 Å². The maximum Gasteiger partial charge on any atom is 0.259 e. The van der Waals surface area contributed by atoms with Gasteiger partial charge in [0, 0.05) is 23.8 Å². The molecule has 0 heterocycles. The molecule has 0 spiro atoms. The van der Waals surface area contributed by atoms with E-state index in [4.69, 9.17) is 9.47 Å². The van der Waals surface area contributed by atoms with Crippen molar-refractivity contribution in [3.05, 3.63) is 52.5 Å². The average molecular weight is 471 g/mol. The number of benzene rings is 2. The lowest BCUT2D eigenvalue weighted by Gasteiger charge is -2.12. The van der Waals surface area contributed by atoms with Crippen LogP contribution in [0, 0.1) is 0 Å². The van der Waals surface area contributed by atoms with E-state index in [0.717, 1.165) is 4.47 Å². The summed E-state index contributed by atoms with van der Waals surface area (Å²) in [7, 11) is -1.98. The number of rotatable bonds is 10. The Kier molecular flexibility index (Phi) is 8.43. The van der Waals surface area contributed by atoms with E-state index in [-0.39, 0.29) is 10.8 Å². The van der Waals surface area contributed by atoms with Gasteiger partial charge in [-0.3, -0.25) is 4.79 Å². The summed E-state index contributed by atoms with van der Waals surface area (Å²) in [5, 5.41) is 2.75. The molecule has 0 aliphatic heterocycles. The zero-order chi connectivity index (χ0) is 20.6. The van der Waals surface area contributed by atoms with Crippen molar-refractivity contribution >= 4 is 37.5 Å². The minimum absolute atomic E-state index is 0.144. The van der Waals surface area contributed by atoms with Gasteiger partial charge in [0.15, 0.2) is 0 Å². The molecule has 0 saturated carbocycles. The van der Waals surface area contributed by atoms with E-state index in [2.05, 4.69) is 26.0 Å². The molecule has 0 unspecified atom stereocenters. The number of ether oxygens (including phenoxy) is 2. The van der Waals surface area contributed by atoms with Crippen LogP contribution < -0.4 is 14.8 Å². The molecule has 0 aliphatic rings. The van der Waals surface area contributed by atoms with E-state index < -0.39 is 10.0 Å². The fraction of sp³-hybridized carbons (Fsp3) is 0.316. The Bertz CT molecular complexity index is 901. The summed E-state index contributed by atoms with van der Waals surface area (Å²) in [6.07, 6.45) is 0.703. The highest BCUT2D eigenvalue weighted by Crippen LogP contribution is 2.25. The summed E-state index contributed by atoms with van der Waals surface area (Å²) in [4.78, 5) is 12.8. The molecule has 0 radical (unpaired) electrons. The predicted octanol–water partition coefficient (Wildman–Crippen LogP) is 3.41. The number of anilines is 1. The topological polar surface area (TPSA) is 93.7 Å². The Morgan fingerprint density at radius 1 is 1.11 bits per heavy atom. The third-order valence-electron chi connectivity index (χ3n) is 3.70. The number of nitrogens with one attached hydrogen (secondary N) is 2. The van der Waals surface area contributed by atoms with Crippen LogP contribution in [0.3, 0.4) is 0 Å². The van der Waals surface area contributed by atoms with Crippen LogP contribution >= 0.6 is 15.9 Å². The van der Waals surface area contributed by atoms with E-state index in [1.807, 2.05) is 6.92 Å². The van der Waals surface area contributed by atoms with Crippen molar-refractivity contribution in [1.82, 2.24) is 4.72 Å². The lowest BCUT2D eigenvalue weighted by Crippen LogP contribution is -2.24. The molecule has 9 heteroatoms. The number of halogens is 1. The standard InChI is InChI=1S/C19H23BrN2O5S/c1-3-10-21-28(24,25)16-7-5-15(6-8-16)22-19(23)17-13-14(20)4-9-18(17)27-12-11-26-2/h4-9,13,21H,3,10-12H2,1-2H3,(H,22,23). The van der Waals surface area contributed by atoms with Crippen molar-refractivity contribution in [3.8, 4) is 5.75 Å². The van der Waals surface area contributed by atoms with Gasteiger partial charge in [-0.05, 0) is 48.9 Å². The number of carbonyl (C=O) groups excluding carboxylic acids is 1. The van der Waals surface area contributed by atoms with Crippen molar-refractivity contribution in [1.29, 1.82) is 0 Å². The molecule has 2 N–H and O–H groups in total. The second-order valence-electron chi connectivity index (χ2n) is 5.86. The van der Waals surface area contributed by atoms with Crippen LogP contribution in [-0.2, 0) is 14.8 Å². The summed E-state index contributed by atoms with van der Waals surface area (Å²) in [5.74, 6) is 0.0640. The maximum absolute atomic E-state index is 12.7. The molecule has 2 rings (SSSR count). The number of carbonyl (C=O) groups is 1. The van der Waals surface area contributed by atoms with Crippen molar-refractivity contribution < 1.29 is 22.7 Å². The quantitative estimate of drug-likeness (QED) is 0.518. The van der Waals surface area contributed by atoms with Crippen LogP contribution in [0.4, 0.5) is 5.69 Å². The van der Waals surface area contributed by atoms with E-state index in [1.54, 1.807) is 37.4 Å². The zero-order valence-electron chi connectivity index (χ0n) is 15.7. The molecule has 0 aliphatic carbocycles. The Balaban J connectivity index is 2.13. The van der Waals surface area contributed by atoms with Crippen LogP contribution in [0.5, 0.6) is 5.75 Å². The predicted molar refractivity (Wildman–Crippen MR) is 111 cm³/mol. The highest BCUT2D eigenvalue weighted by atomic mass is 79.9. The minimum Gasteiger partial charge on any atom is -0.490 e. The van der Waals surface area contributed by atoms with Gasteiger partial charge in [0.2, 0.25) is 10.0 Å². The molecule has 2 aromatic carbocycles. The highest BCUT2D eigenvalue weighted by molar-refractivity contribution is 9.10. The van der Waals surface area contributed by atoms with Gasteiger partial charge in [-0.15, -0.1) is 0 Å². The maximum atomic E-state index is 12.7. The van der Waals surface area contributed by atoms with Crippen LogP contribution in [-0.4, -0.2) is 41.2 Å². The smallest absolute Gasteiger partial charge is 0.259 e. The summed E-state index contributed by atoms with van der Waals surface area (Å²) >= 11 is 3.35. The molecule has 0 atom stereocenters. The van der Waals surface area contributed by atoms with Crippen molar-refractivity contribution in [3.63, 3.8) is 0 Å². The average Bonchev–Trinajstić information content (AvgIpc) is 2.68. The molecule has 0 bridgehead atoms. The molecule has 1 amide bonds. The minimum atomic E-state index is -3.55. The molecular formula is C19H23BrN2O5S. The zero-order valence-corrected chi connectivity index (χ0v) is 18.1. The van der Waals surface area contributed by atoms with E-state index >= 15 is 0 Å². The number of hydrogen-bond acceptors (Lipinski definition) is 5. The molecule has 152 valence electrons. The number of sulfonamides is 1. The SMILES string of the molecule is CCCNS(=O)(=O)c1ccc(NC(=O)c2cc(Br)ccc2OCCOC)cc1. The van der Waals surface area contributed by atoms with E-state index in [0.29, 0.717) is 43.2 Å². The van der Waals surface area contributed by atoms with Crippen LogP contribution in [0.15, 0.2) is 51.8 Å². The number of methoxy groups -OCH3 is 1. The van der Waals surface area contributed by atoms with Gasteiger partial charge >= 0.3 is 0 Å². The highest BCUT2D eigenvalue weighted by Gasteiger charge is 2.16. The molecular weight excluding hydrogens is 448 g/mol. The van der Waals surface area contributed by atoms with Gasteiger partial charge in [-0.25, -0.2) is 13.1 Å². The van der Waals surface area contributed by atoms with Crippen LogP contribution in [0.1, 0.15) is 23.7 Å². The van der Waals surface area contributed by atoms with Gasteiger partial charge in [0.05, 0.1) is 17.1 Å². The van der Waals surface area contributed by atoms with Crippen LogP contribution in [0.25, 0.3) is 0 Å². The molecule has 0 saturated heterocycles. The monoisotopic (exact) mass is 470 g/mol. The second kappa shape index (κ2) is 10.6. The normalized spacial score (nSPS) is 11.2. The van der Waals surface area contributed by atoms with Crippen LogP contribution in [0.2, 0.25) is 0 Å². The van der Waals surface area contributed by atoms with Gasteiger partial charge < -0.3 is 14.8 Å². The summed E-state index contributed by atoms with van der Waals surface area (Å²) < 4.78 is 38.0. The van der Waals surface area contributed by atoms with E-state index in [1.165, 1.54) is 12.1 Å². The first-order chi connectivity index (χ1) is 13.4. The Morgan fingerprint density at radius 2 is 1.82 bits per heavy atom. The summed E-state index contributed by atoms with van der Waals surface area (Å²) in [6, 6.07) is 11.1. The Hall–Kier alpha value is -1.94. The molecule has 0 aromatic heterocycles. The Morgan fingerprint density at radius 3 is 2.46 bits per heavy atom. The summed E-state index contributed by atoms with van der Waals surface area (Å²) in [6.45, 7) is 2.97. The van der Waals surface area contributed by atoms with Crippen molar-refractivity contribution in [2.75, 3.05) is 32.2 Å².